The van der Waals surface area contributed by atoms with Gasteiger partial charge in [0, 0.05) is 6.42 Å². The molecule has 0 saturated carbocycles. The van der Waals surface area contributed by atoms with Crippen LogP contribution in [0.25, 0.3) is 0 Å². The van der Waals surface area contributed by atoms with Crippen LogP contribution in [0.1, 0.15) is 13.3 Å². The quantitative estimate of drug-likeness (QED) is 0.566. The van der Waals surface area contributed by atoms with Crippen molar-refractivity contribution in [3.8, 4) is 0 Å². The molecule has 0 aliphatic heterocycles. The maximum Gasteiger partial charge on any atom is 0.430 e. The van der Waals surface area contributed by atoms with Gasteiger partial charge in [-0.3, -0.25) is 0 Å². The number of hydrogen-bond acceptors (Lipinski definition) is 2. The zero-order chi connectivity index (χ0) is 20.0. The van der Waals surface area contributed by atoms with E-state index in [9.17, 15) is 52.7 Å². The molecule has 0 unspecified atom stereocenters. The Morgan fingerprint density at radius 3 is 1.17 bits per heavy atom. The van der Waals surface area contributed by atoms with Crippen LogP contribution in [0.3, 0.4) is 0 Å². The van der Waals surface area contributed by atoms with Crippen LogP contribution >= 0.6 is 0 Å². The monoisotopic (exact) mass is 388 g/mol. The third-order valence-electron chi connectivity index (χ3n) is 2.79. The first-order valence-corrected chi connectivity index (χ1v) is 5.50. The second kappa shape index (κ2) is 5.97. The van der Waals surface area contributed by atoms with Crippen molar-refractivity contribution in [2.75, 3.05) is 0 Å². The maximum atomic E-state index is 12.4. The molecular formula is C10H8F12O2. The fraction of sp³-hybridized carbons (Fsp3) is 0.800. The lowest BCUT2D eigenvalue weighted by atomic mass is 9.90. The van der Waals surface area contributed by atoms with Crippen molar-refractivity contribution >= 4 is 0 Å². The molecule has 0 amide bonds. The zero-order valence-electron chi connectivity index (χ0n) is 11.2. The summed E-state index contributed by atoms with van der Waals surface area (Å²) in [6, 6.07) is 0. The first-order valence-electron chi connectivity index (χ1n) is 5.50. The van der Waals surface area contributed by atoms with Crippen molar-refractivity contribution in [1.29, 1.82) is 0 Å². The number of rotatable bonds is 3. The normalized spacial score (nSPS) is 16.5. The number of halogens is 12. The van der Waals surface area contributed by atoms with Gasteiger partial charge >= 0.3 is 24.7 Å². The molecule has 24 heavy (non-hydrogen) atoms. The van der Waals surface area contributed by atoms with Gasteiger partial charge in [-0.1, -0.05) is 5.57 Å². The van der Waals surface area contributed by atoms with Crippen LogP contribution in [0.4, 0.5) is 52.7 Å². The first-order chi connectivity index (χ1) is 10.1. The minimum absolute atomic E-state index is 0.0326. The summed E-state index contributed by atoms with van der Waals surface area (Å²) in [5, 5.41) is 17.4. The summed E-state index contributed by atoms with van der Waals surface area (Å²) in [6.45, 7) is 0.0326. The van der Waals surface area contributed by atoms with Gasteiger partial charge in [0.15, 0.2) is 0 Å². The molecule has 0 atom stereocenters. The molecule has 0 radical (unpaired) electrons. The molecule has 0 aliphatic carbocycles. The lowest BCUT2D eigenvalue weighted by molar-refractivity contribution is -0.367. The predicted molar refractivity (Wildman–Crippen MR) is 52.5 cm³/mol. The summed E-state index contributed by atoms with van der Waals surface area (Å²) >= 11 is 0. The molecule has 0 bridgehead atoms. The van der Waals surface area contributed by atoms with E-state index >= 15 is 0 Å². The average Bonchev–Trinajstić information content (AvgIpc) is 2.21. The largest absolute Gasteiger partial charge is 0.430 e. The first kappa shape index (κ1) is 22.8. The molecule has 0 heterocycles. The highest BCUT2D eigenvalue weighted by atomic mass is 19.4. The van der Waals surface area contributed by atoms with Crippen molar-refractivity contribution < 1.29 is 62.9 Å². The highest BCUT2D eigenvalue weighted by molar-refractivity contribution is 5.19. The molecule has 14 heteroatoms. The molecule has 0 aromatic carbocycles. The Kier molecular flexibility index (Phi) is 5.67. The van der Waals surface area contributed by atoms with E-state index in [4.69, 9.17) is 10.2 Å². The Morgan fingerprint density at radius 1 is 0.667 bits per heavy atom. The van der Waals surface area contributed by atoms with Gasteiger partial charge in [0.1, 0.15) is 0 Å². The predicted octanol–water partition coefficient (Wildman–Crippen LogP) is 4.03. The molecule has 0 saturated heterocycles. The molecule has 0 aromatic heterocycles. The van der Waals surface area contributed by atoms with Crippen LogP contribution in [0, 0.1) is 0 Å². The van der Waals surface area contributed by atoms with E-state index in [1.165, 1.54) is 0 Å². The van der Waals surface area contributed by atoms with Gasteiger partial charge in [0.2, 0.25) is 0 Å². The van der Waals surface area contributed by atoms with Gasteiger partial charge < -0.3 is 10.2 Å². The zero-order valence-corrected chi connectivity index (χ0v) is 11.2. The maximum absolute atomic E-state index is 12.4. The van der Waals surface area contributed by atoms with Gasteiger partial charge in [0.05, 0.1) is 0 Å². The van der Waals surface area contributed by atoms with Crippen LogP contribution in [-0.4, -0.2) is 46.1 Å². The van der Waals surface area contributed by atoms with E-state index < -0.39 is 54.0 Å². The number of alkyl halides is 12. The second-order valence-electron chi connectivity index (χ2n) is 4.79. The highest BCUT2D eigenvalue weighted by Crippen LogP contribution is 2.49. The standard InChI is InChI=1S/C10H8F12O2/c1-4(2-5(23,7(11,12)13)8(14,15)16)3-6(24,9(17,18)19)10(20,21)22/h2,23-24H,3H2,1H3. The minimum atomic E-state index is -6.49. The number of hydrogen-bond donors (Lipinski definition) is 2. The molecule has 2 nitrogen and oxygen atoms in total. The van der Waals surface area contributed by atoms with Crippen LogP contribution in [-0.2, 0) is 0 Å². The third kappa shape index (κ3) is 4.07. The molecule has 2 N–H and O–H groups in total. The SMILES string of the molecule is CC(=CC(O)(C(F)(F)F)C(F)(F)F)CC(O)(C(F)(F)F)C(F)(F)F. The van der Waals surface area contributed by atoms with E-state index in [1.807, 2.05) is 0 Å². The van der Waals surface area contributed by atoms with Gasteiger partial charge in [0.25, 0.3) is 11.2 Å². The fourth-order valence-electron chi connectivity index (χ4n) is 1.50. The Bertz CT molecular complexity index is 450. The van der Waals surface area contributed by atoms with E-state index in [1.54, 1.807) is 0 Å². The van der Waals surface area contributed by atoms with E-state index in [0.717, 1.165) is 0 Å². The van der Waals surface area contributed by atoms with Gasteiger partial charge in [-0.25, -0.2) is 0 Å². The Balaban J connectivity index is 6.09. The molecule has 0 aromatic rings. The van der Waals surface area contributed by atoms with Gasteiger partial charge in [-0.05, 0) is 13.0 Å². The second-order valence-corrected chi connectivity index (χ2v) is 4.79. The molecule has 0 fully saturated rings. The smallest absolute Gasteiger partial charge is 0.373 e. The van der Waals surface area contributed by atoms with Gasteiger partial charge in [-0.2, -0.15) is 52.7 Å². The molecule has 144 valence electrons. The van der Waals surface area contributed by atoms with Crippen molar-refractivity contribution in [3.05, 3.63) is 11.6 Å². The lowest BCUT2D eigenvalue weighted by Crippen LogP contribution is -2.58. The lowest BCUT2D eigenvalue weighted by Gasteiger charge is -2.34. The van der Waals surface area contributed by atoms with E-state index in [-0.39, 0.29) is 6.92 Å². The van der Waals surface area contributed by atoms with Crippen LogP contribution in [0.5, 0.6) is 0 Å². The molecule has 0 spiro atoms. The van der Waals surface area contributed by atoms with Crippen molar-refractivity contribution in [1.82, 2.24) is 0 Å². The van der Waals surface area contributed by atoms with Crippen molar-refractivity contribution in [2.45, 2.75) is 49.3 Å². The molecule has 0 aliphatic rings. The van der Waals surface area contributed by atoms with Gasteiger partial charge in [-0.15, -0.1) is 0 Å². The van der Waals surface area contributed by atoms with E-state index in [2.05, 4.69) is 0 Å². The summed E-state index contributed by atoms with van der Waals surface area (Å²) in [5.41, 5.74) is -13.1. The average molecular weight is 388 g/mol. The fourth-order valence-corrected chi connectivity index (χ4v) is 1.50. The van der Waals surface area contributed by atoms with Crippen molar-refractivity contribution in [3.63, 3.8) is 0 Å². The van der Waals surface area contributed by atoms with Crippen LogP contribution in [0.2, 0.25) is 0 Å². The Hall–Kier alpha value is -1.18. The summed E-state index contributed by atoms with van der Waals surface area (Å²) in [4.78, 5) is 0. The van der Waals surface area contributed by atoms with Crippen LogP contribution in [0.15, 0.2) is 11.6 Å². The Morgan fingerprint density at radius 2 is 0.958 bits per heavy atom. The Labute approximate surface area is 125 Å². The summed E-state index contributed by atoms with van der Waals surface area (Å²) in [6.07, 6.45) is -29.8. The highest BCUT2D eigenvalue weighted by Gasteiger charge is 2.72. The van der Waals surface area contributed by atoms with E-state index in [0.29, 0.717) is 0 Å². The summed E-state index contributed by atoms with van der Waals surface area (Å²) in [7, 11) is 0. The van der Waals surface area contributed by atoms with Crippen LogP contribution < -0.4 is 0 Å². The minimum Gasteiger partial charge on any atom is -0.373 e. The number of aliphatic hydroxyl groups is 2. The summed E-state index contributed by atoms with van der Waals surface area (Å²) in [5.74, 6) is 0. The summed E-state index contributed by atoms with van der Waals surface area (Å²) < 4.78 is 148. The molecular weight excluding hydrogens is 380 g/mol. The van der Waals surface area contributed by atoms with Crippen molar-refractivity contribution in [2.24, 2.45) is 0 Å². The third-order valence-corrected chi connectivity index (χ3v) is 2.79. The molecule has 0 rings (SSSR count). The topological polar surface area (TPSA) is 40.5 Å².